The van der Waals surface area contributed by atoms with E-state index in [1.54, 1.807) is 26.0 Å². The summed E-state index contributed by atoms with van der Waals surface area (Å²) in [7, 11) is 0. The van der Waals surface area contributed by atoms with Crippen molar-refractivity contribution in [1.29, 1.82) is 5.26 Å². The molecule has 0 aliphatic heterocycles. The number of rotatable bonds is 2. The third-order valence-electron chi connectivity index (χ3n) is 1.59. The maximum atomic E-state index is 11.4. The standard InChI is InChI=1S/C9H9NO2/c1-9(2,6-10)8(11)7-4-3-5-12-7/h3-5H,1-2H3. The molecule has 0 aliphatic rings. The first-order valence-corrected chi connectivity index (χ1v) is 3.57. The lowest BCUT2D eigenvalue weighted by molar-refractivity contribution is 0.0863. The first kappa shape index (κ1) is 8.54. The van der Waals surface area contributed by atoms with E-state index in [1.807, 2.05) is 6.07 Å². The van der Waals surface area contributed by atoms with Crippen molar-refractivity contribution < 1.29 is 9.21 Å². The average Bonchev–Trinajstić information content (AvgIpc) is 2.55. The van der Waals surface area contributed by atoms with Gasteiger partial charge in [0.05, 0.1) is 12.3 Å². The molecule has 0 saturated carbocycles. The normalized spacial score (nSPS) is 10.8. The van der Waals surface area contributed by atoms with Gasteiger partial charge in [-0.1, -0.05) is 0 Å². The molecule has 62 valence electrons. The van der Waals surface area contributed by atoms with Crippen LogP contribution in [0.1, 0.15) is 24.4 Å². The molecule has 0 atom stereocenters. The van der Waals surface area contributed by atoms with Crippen LogP contribution in [0, 0.1) is 16.7 Å². The van der Waals surface area contributed by atoms with E-state index in [-0.39, 0.29) is 11.5 Å². The van der Waals surface area contributed by atoms with Crippen LogP contribution in [0.4, 0.5) is 0 Å². The fraction of sp³-hybridized carbons (Fsp3) is 0.333. The summed E-state index contributed by atoms with van der Waals surface area (Å²) in [5, 5.41) is 8.65. The number of nitriles is 1. The number of carbonyl (C=O) groups is 1. The predicted octanol–water partition coefficient (Wildman–Crippen LogP) is 2.01. The molecule has 0 aliphatic carbocycles. The van der Waals surface area contributed by atoms with Gasteiger partial charge in [-0.2, -0.15) is 5.26 Å². The van der Waals surface area contributed by atoms with Gasteiger partial charge in [0.15, 0.2) is 5.76 Å². The van der Waals surface area contributed by atoms with Crippen molar-refractivity contribution in [2.75, 3.05) is 0 Å². The van der Waals surface area contributed by atoms with Gasteiger partial charge in [-0.15, -0.1) is 0 Å². The van der Waals surface area contributed by atoms with Crippen LogP contribution in [0.5, 0.6) is 0 Å². The molecule has 3 nitrogen and oxygen atoms in total. The number of hydrogen-bond donors (Lipinski definition) is 0. The molecular weight excluding hydrogens is 154 g/mol. The molecule has 1 aromatic rings. The quantitative estimate of drug-likeness (QED) is 0.626. The van der Waals surface area contributed by atoms with Crippen LogP contribution in [-0.2, 0) is 0 Å². The van der Waals surface area contributed by atoms with E-state index in [1.165, 1.54) is 6.26 Å². The number of ketones is 1. The van der Waals surface area contributed by atoms with Crippen LogP contribution in [0.25, 0.3) is 0 Å². The Morgan fingerprint density at radius 3 is 2.75 bits per heavy atom. The Kier molecular flexibility index (Phi) is 2.01. The Morgan fingerprint density at radius 1 is 1.67 bits per heavy atom. The van der Waals surface area contributed by atoms with Gasteiger partial charge >= 0.3 is 0 Å². The molecular formula is C9H9NO2. The minimum atomic E-state index is -1.00. The summed E-state index contributed by atoms with van der Waals surface area (Å²) in [5.41, 5.74) is -1.00. The van der Waals surface area contributed by atoms with Gasteiger partial charge in [-0.25, -0.2) is 0 Å². The summed E-state index contributed by atoms with van der Waals surface area (Å²) in [6, 6.07) is 5.10. The largest absolute Gasteiger partial charge is 0.461 e. The molecule has 1 rings (SSSR count). The van der Waals surface area contributed by atoms with Crippen LogP contribution >= 0.6 is 0 Å². The van der Waals surface area contributed by atoms with Gasteiger partial charge in [0.2, 0.25) is 5.78 Å². The fourth-order valence-electron chi connectivity index (χ4n) is 0.767. The summed E-state index contributed by atoms with van der Waals surface area (Å²) >= 11 is 0. The van der Waals surface area contributed by atoms with Crippen LogP contribution in [-0.4, -0.2) is 5.78 Å². The number of Topliss-reactive ketones (excluding diaryl/α,β-unsaturated/α-hetero) is 1. The maximum absolute atomic E-state index is 11.4. The highest BCUT2D eigenvalue weighted by Crippen LogP contribution is 2.20. The molecule has 1 aromatic heterocycles. The zero-order valence-electron chi connectivity index (χ0n) is 7.00. The minimum absolute atomic E-state index is 0.238. The zero-order valence-corrected chi connectivity index (χ0v) is 7.00. The molecule has 0 unspecified atom stereocenters. The van der Waals surface area contributed by atoms with Crippen molar-refractivity contribution >= 4 is 5.78 Å². The Morgan fingerprint density at radius 2 is 2.33 bits per heavy atom. The van der Waals surface area contributed by atoms with Gasteiger partial charge in [-0.05, 0) is 26.0 Å². The molecule has 1 heterocycles. The smallest absolute Gasteiger partial charge is 0.217 e. The summed E-state index contributed by atoms with van der Waals surface area (Å²) in [6.07, 6.45) is 1.42. The van der Waals surface area contributed by atoms with E-state index in [0.29, 0.717) is 0 Å². The Labute approximate surface area is 70.6 Å². The van der Waals surface area contributed by atoms with Crippen molar-refractivity contribution in [3.63, 3.8) is 0 Å². The average molecular weight is 163 g/mol. The van der Waals surface area contributed by atoms with Crippen LogP contribution in [0.2, 0.25) is 0 Å². The topological polar surface area (TPSA) is 54.0 Å². The first-order valence-electron chi connectivity index (χ1n) is 3.57. The van der Waals surface area contributed by atoms with Gasteiger partial charge in [0.1, 0.15) is 5.41 Å². The van der Waals surface area contributed by atoms with E-state index in [0.717, 1.165) is 0 Å². The van der Waals surface area contributed by atoms with E-state index < -0.39 is 5.41 Å². The summed E-state index contributed by atoms with van der Waals surface area (Å²) in [6.45, 7) is 3.13. The third-order valence-corrected chi connectivity index (χ3v) is 1.59. The molecule has 3 heteroatoms. The third kappa shape index (κ3) is 1.37. The van der Waals surface area contributed by atoms with Crippen LogP contribution in [0.15, 0.2) is 22.8 Å². The van der Waals surface area contributed by atoms with E-state index in [9.17, 15) is 4.79 Å². The maximum Gasteiger partial charge on any atom is 0.217 e. The fourth-order valence-corrected chi connectivity index (χ4v) is 0.767. The van der Waals surface area contributed by atoms with Gasteiger partial charge < -0.3 is 4.42 Å². The molecule has 0 amide bonds. The van der Waals surface area contributed by atoms with Crippen molar-refractivity contribution in [2.45, 2.75) is 13.8 Å². The number of carbonyl (C=O) groups excluding carboxylic acids is 1. The van der Waals surface area contributed by atoms with Crippen molar-refractivity contribution in [3.8, 4) is 6.07 Å². The molecule has 0 saturated heterocycles. The van der Waals surface area contributed by atoms with E-state index in [2.05, 4.69) is 0 Å². The summed E-state index contributed by atoms with van der Waals surface area (Å²) < 4.78 is 4.88. The van der Waals surface area contributed by atoms with Crippen molar-refractivity contribution in [3.05, 3.63) is 24.2 Å². The van der Waals surface area contributed by atoms with Gasteiger partial charge in [0.25, 0.3) is 0 Å². The second-order valence-corrected chi connectivity index (χ2v) is 3.04. The molecule has 0 fully saturated rings. The first-order chi connectivity index (χ1) is 5.58. The number of nitrogens with zero attached hydrogens (tertiary/aromatic N) is 1. The molecule has 0 radical (unpaired) electrons. The molecule has 12 heavy (non-hydrogen) atoms. The summed E-state index contributed by atoms with van der Waals surface area (Å²) in [4.78, 5) is 11.4. The number of furan rings is 1. The van der Waals surface area contributed by atoms with Gasteiger partial charge in [-0.3, -0.25) is 4.79 Å². The lowest BCUT2D eigenvalue weighted by Crippen LogP contribution is -2.21. The molecule has 0 aromatic carbocycles. The lowest BCUT2D eigenvalue weighted by Gasteiger charge is -2.10. The predicted molar refractivity (Wildman–Crippen MR) is 42.4 cm³/mol. The summed E-state index contributed by atoms with van der Waals surface area (Å²) in [5.74, 6) is -0.0449. The molecule has 0 N–H and O–H groups in total. The highest BCUT2D eigenvalue weighted by molar-refractivity contribution is 5.99. The van der Waals surface area contributed by atoms with E-state index >= 15 is 0 Å². The van der Waals surface area contributed by atoms with Crippen LogP contribution < -0.4 is 0 Å². The van der Waals surface area contributed by atoms with Gasteiger partial charge in [0, 0.05) is 0 Å². The minimum Gasteiger partial charge on any atom is -0.461 e. The molecule has 0 bridgehead atoms. The Bertz CT molecular complexity index is 317. The van der Waals surface area contributed by atoms with E-state index in [4.69, 9.17) is 9.68 Å². The van der Waals surface area contributed by atoms with Crippen molar-refractivity contribution in [2.24, 2.45) is 5.41 Å². The molecule has 0 spiro atoms. The SMILES string of the molecule is CC(C)(C#N)C(=O)c1ccco1. The highest BCUT2D eigenvalue weighted by atomic mass is 16.3. The van der Waals surface area contributed by atoms with Crippen LogP contribution in [0.3, 0.4) is 0 Å². The second kappa shape index (κ2) is 2.82. The zero-order chi connectivity index (χ0) is 9.19. The van der Waals surface area contributed by atoms with Crippen molar-refractivity contribution in [1.82, 2.24) is 0 Å². The monoisotopic (exact) mass is 163 g/mol. The second-order valence-electron chi connectivity index (χ2n) is 3.04. The number of hydrogen-bond acceptors (Lipinski definition) is 3. The lowest BCUT2D eigenvalue weighted by atomic mass is 9.89. The Hall–Kier alpha value is -1.56. The Balaban J connectivity index is 2.96. The highest BCUT2D eigenvalue weighted by Gasteiger charge is 2.30.